The normalized spacial score (nSPS) is 10.7. The average Bonchev–Trinajstić information content (AvgIpc) is 2.66. The molecule has 0 spiro atoms. The lowest BCUT2D eigenvalue weighted by atomic mass is 10.2. The van der Waals surface area contributed by atoms with Crippen molar-refractivity contribution in [2.24, 2.45) is 0 Å². The van der Waals surface area contributed by atoms with Crippen molar-refractivity contribution < 1.29 is 13.6 Å². The molecule has 0 aliphatic carbocycles. The van der Waals surface area contributed by atoms with E-state index in [2.05, 4.69) is 10.3 Å². The molecule has 0 aliphatic heterocycles. The van der Waals surface area contributed by atoms with E-state index in [9.17, 15) is 18.4 Å². The molecule has 0 atom stereocenters. The highest BCUT2D eigenvalue weighted by Crippen LogP contribution is 2.18. The van der Waals surface area contributed by atoms with E-state index in [4.69, 9.17) is 0 Å². The topological polar surface area (TPSA) is 64.0 Å². The molecule has 0 aliphatic rings. The molecule has 1 amide bonds. The number of halogens is 2. The van der Waals surface area contributed by atoms with Crippen molar-refractivity contribution >= 4 is 11.6 Å². The Morgan fingerprint density at radius 3 is 2.39 bits per heavy atom. The van der Waals surface area contributed by atoms with E-state index in [1.807, 2.05) is 6.92 Å². The Hall–Kier alpha value is -3.35. The third-order valence-electron chi connectivity index (χ3n) is 4.29. The van der Waals surface area contributed by atoms with Crippen LogP contribution in [0, 0.1) is 18.6 Å². The molecular weight excluding hydrogens is 364 g/mol. The van der Waals surface area contributed by atoms with Crippen molar-refractivity contribution in [2.45, 2.75) is 26.8 Å². The molecule has 0 fully saturated rings. The maximum atomic E-state index is 13.3. The monoisotopic (exact) mass is 383 g/mol. The van der Waals surface area contributed by atoms with Crippen LogP contribution in [-0.4, -0.2) is 15.5 Å². The summed E-state index contributed by atoms with van der Waals surface area (Å²) >= 11 is 0. The Labute approximate surface area is 160 Å². The zero-order valence-corrected chi connectivity index (χ0v) is 15.5. The van der Waals surface area contributed by atoms with E-state index in [-0.39, 0.29) is 17.9 Å². The summed E-state index contributed by atoms with van der Waals surface area (Å²) in [6.45, 7) is 3.26. The van der Waals surface area contributed by atoms with Crippen molar-refractivity contribution in [2.75, 3.05) is 5.32 Å². The van der Waals surface area contributed by atoms with Gasteiger partial charge in [0.25, 0.3) is 5.56 Å². The lowest BCUT2D eigenvalue weighted by molar-refractivity contribution is -0.116. The predicted molar refractivity (Wildman–Crippen MR) is 103 cm³/mol. The molecule has 144 valence electrons. The summed E-state index contributed by atoms with van der Waals surface area (Å²) < 4.78 is 27.7. The van der Waals surface area contributed by atoms with Crippen LogP contribution >= 0.6 is 0 Å². The lowest BCUT2D eigenvalue weighted by Crippen LogP contribution is -2.30. The Kier molecular flexibility index (Phi) is 5.63. The molecule has 3 aromatic rings. The van der Waals surface area contributed by atoms with Crippen LogP contribution in [0.1, 0.15) is 18.2 Å². The molecular formula is C21H19F2N3O2. The van der Waals surface area contributed by atoms with Gasteiger partial charge in [0.05, 0.1) is 0 Å². The van der Waals surface area contributed by atoms with Crippen LogP contribution < -0.4 is 10.9 Å². The third kappa shape index (κ3) is 4.31. The molecule has 1 aromatic heterocycles. The van der Waals surface area contributed by atoms with Gasteiger partial charge in [0.2, 0.25) is 5.91 Å². The van der Waals surface area contributed by atoms with E-state index in [0.29, 0.717) is 28.9 Å². The molecule has 0 unspecified atom stereocenters. The maximum Gasteiger partial charge on any atom is 0.254 e. The molecule has 7 heteroatoms. The smallest absolute Gasteiger partial charge is 0.254 e. The summed E-state index contributed by atoms with van der Waals surface area (Å²) in [6, 6.07) is 11.0. The Morgan fingerprint density at radius 1 is 1.07 bits per heavy atom. The molecule has 1 heterocycles. The highest BCUT2D eigenvalue weighted by atomic mass is 19.1. The number of benzene rings is 2. The Morgan fingerprint density at radius 2 is 1.75 bits per heavy atom. The lowest BCUT2D eigenvalue weighted by Gasteiger charge is -2.14. The van der Waals surface area contributed by atoms with E-state index < -0.39 is 17.5 Å². The quantitative estimate of drug-likeness (QED) is 0.731. The minimum absolute atomic E-state index is 0.278. The first kappa shape index (κ1) is 19.4. The number of nitrogens with one attached hydrogen (secondary N) is 1. The number of hydrogen-bond donors (Lipinski definition) is 1. The van der Waals surface area contributed by atoms with Crippen LogP contribution in [0.25, 0.3) is 11.4 Å². The zero-order chi connectivity index (χ0) is 20.3. The second-order valence-corrected chi connectivity index (χ2v) is 6.36. The van der Waals surface area contributed by atoms with Crippen molar-refractivity contribution in [1.29, 1.82) is 0 Å². The second-order valence-electron chi connectivity index (χ2n) is 6.36. The minimum Gasteiger partial charge on any atom is -0.324 e. The Balaban J connectivity index is 1.95. The van der Waals surface area contributed by atoms with Crippen LogP contribution in [0.3, 0.4) is 0 Å². The van der Waals surface area contributed by atoms with E-state index in [0.717, 1.165) is 0 Å². The Bertz CT molecular complexity index is 1080. The van der Waals surface area contributed by atoms with Gasteiger partial charge in [0.1, 0.15) is 24.0 Å². The van der Waals surface area contributed by atoms with Crippen molar-refractivity contribution in [1.82, 2.24) is 9.55 Å². The summed E-state index contributed by atoms with van der Waals surface area (Å²) in [6.07, 6.45) is 0.547. The fraction of sp³-hybridized carbons (Fsp3) is 0.190. The first-order valence-corrected chi connectivity index (χ1v) is 8.80. The predicted octanol–water partition coefficient (Wildman–Crippen LogP) is 3.70. The third-order valence-corrected chi connectivity index (χ3v) is 4.29. The van der Waals surface area contributed by atoms with Gasteiger partial charge in [-0.25, -0.2) is 13.8 Å². The number of hydrogen-bond acceptors (Lipinski definition) is 3. The molecule has 0 bridgehead atoms. The molecule has 0 saturated heterocycles. The van der Waals surface area contributed by atoms with Crippen LogP contribution in [0.15, 0.2) is 53.3 Å². The van der Waals surface area contributed by atoms with Gasteiger partial charge in [-0.1, -0.05) is 6.92 Å². The largest absolute Gasteiger partial charge is 0.324 e. The highest BCUT2D eigenvalue weighted by Gasteiger charge is 2.15. The van der Waals surface area contributed by atoms with Gasteiger partial charge in [-0.15, -0.1) is 0 Å². The van der Waals surface area contributed by atoms with Gasteiger partial charge in [0, 0.05) is 23.0 Å². The molecule has 5 nitrogen and oxygen atoms in total. The number of aryl methyl sites for hydroxylation is 2. The number of carbonyl (C=O) groups excluding carboxylic acids is 1. The minimum atomic E-state index is -0.453. The fourth-order valence-corrected chi connectivity index (χ4v) is 2.81. The molecule has 0 saturated carbocycles. The van der Waals surface area contributed by atoms with Gasteiger partial charge in [-0.05, 0) is 61.4 Å². The number of carbonyl (C=O) groups is 1. The van der Waals surface area contributed by atoms with Gasteiger partial charge in [0.15, 0.2) is 0 Å². The summed E-state index contributed by atoms with van der Waals surface area (Å²) in [7, 11) is 0. The van der Waals surface area contributed by atoms with Crippen molar-refractivity contribution in [3.8, 4) is 11.4 Å². The SMILES string of the molecule is CCc1cc(=O)n(CC(=O)Nc2ccc(F)cc2C)c(-c2ccc(F)cc2)n1. The fourth-order valence-electron chi connectivity index (χ4n) is 2.81. The summed E-state index contributed by atoms with van der Waals surface area (Å²) in [5, 5.41) is 2.68. The standard InChI is InChI=1S/C21H19F2N3O2/c1-3-17-11-20(28)26(21(24-17)14-4-6-15(22)7-5-14)12-19(27)25-18-9-8-16(23)10-13(18)2/h4-11H,3,12H2,1-2H3,(H,25,27). The molecule has 0 radical (unpaired) electrons. The number of aromatic nitrogens is 2. The number of amides is 1. The van der Waals surface area contributed by atoms with Crippen molar-refractivity contribution in [3.05, 3.63) is 81.8 Å². The summed E-state index contributed by atoms with van der Waals surface area (Å²) in [4.78, 5) is 29.5. The molecule has 3 rings (SSSR count). The highest BCUT2D eigenvalue weighted by molar-refractivity contribution is 5.91. The second kappa shape index (κ2) is 8.12. The van der Waals surface area contributed by atoms with Gasteiger partial charge < -0.3 is 5.32 Å². The van der Waals surface area contributed by atoms with Gasteiger partial charge >= 0.3 is 0 Å². The zero-order valence-electron chi connectivity index (χ0n) is 15.5. The molecule has 28 heavy (non-hydrogen) atoms. The van der Waals surface area contributed by atoms with Crippen LogP contribution in [-0.2, 0) is 17.8 Å². The first-order chi connectivity index (χ1) is 13.4. The number of rotatable bonds is 5. The van der Waals surface area contributed by atoms with Crippen LogP contribution in [0.2, 0.25) is 0 Å². The van der Waals surface area contributed by atoms with Gasteiger partial charge in [-0.3, -0.25) is 14.2 Å². The first-order valence-electron chi connectivity index (χ1n) is 8.80. The number of nitrogens with zero attached hydrogens (tertiary/aromatic N) is 2. The van der Waals surface area contributed by atoms with Gasteiger partial charge in [-0.2, -0.15) is 0 Å². The average molecular weight is 383 g/mol. The summed E-state index contributed by atoms with van der Waals surface area (Å²) in [5.74, 6) is -0.972. The molecule has 1 N–H and O–H groups in total. The number of anilines is 1. The van der Waals surface area contributed by atoms with Crippen LogP contribution in [0.4, 0.5) is 14.5 Å². The van der Waals surface area contributed by atoms with Crippen molar-refractivity contribution in [3.63, 3.8) is 0 Å². The van der Waals surface area contributed by atoms with E-state index >= 15 is 0 Å². The van der Waals surface area contributed by atoms with E-state index in [1.54, 1.807) is 6.92 Å². The summed E-state index contributed by atoms with van der Waals surface area (Å²) in [5.41, 5.74) is 1.76. The van der Waals surface area contributed by atoms with E-state index in [1.165, 1.54) is 53.1 Å². The maximum absolute atomic E-state index is 13.3. The van der Waals surface area contributed by atoms with Crippen LogP contribution in [0.5, 0.6) is 0 Å². The molecule has 2 aromatic carbocycles.